The van der Waals surface area contributed by atoms with Crippen LogP contribution < -0.4 is 9.80 Å². The van der Waals surface area contributed by atoms with Crippen LogP contribution in [0.3, 0.4) is 0 Å². The molecule has 1 aromatic heterocycles. The number of nitrogens with zero attached hydrogens (tertiary/aromatic N) is 2. The summed E-state index contributed by atoms with van der Waals surface area (Å²) < 4.78 is 6.50. The number of benzene rings is 7. The Kier molecular flexibility index (Phi) is 10.6. The molecule has 7 aromatic carbocycles. The maximum atomic E-state index is 7.36. The van der Waals surface area contributed by atoms with E-state index in [4.69, 9.17) is 16.0 Å². The Morgan fingerprint density at radius 3 is 2.00 bits per heavy atom. The van der Waals surface area contributed by atoms with Gasteiger partial charge in [0.1, 0.15) is 11.2 Å². The Hall–Kier alpha value is -6.55. The molecule has 0 spiro atoms. The van der Waals surface area contributed by atoms with E-state index >= 15 is 0 Å². The molecule has 4 heteroatoms. The Morgan fingerprint density at radius 2 is 1.21 bits per heavy atom. The quantitative estimate of drug-likeness (QED) is 0.128. The molecule has 0 atom stereocenters. The third-order valence-corrected chi connectivity index (χ3v) is 12.7. The highest BCUT2D eigenvalue weighted by Crippen LogP contribution is 2.50. The first kappa shape index (κ1) is 39.9. The molecule has 1 aliphatic rings. The fourth-order valence-corrected chi connectivity index (χ4v) is 9.29. The highest BCUT2D eigenvalue weighted by atomic mass is 35.5. The van der Waals surface area contributed by atoms with Crippen molar-refractivity contribution in [3.8, 4) is 11.1 Å². The van der Waals surface area contributed by atoms with E-state index in [1.807, 2.05) is 24.3 Å². The second kappa shape index (κ2) is 16.1. The minimum Gasteiger partial charge on any atom is -0.456 e. The lowest BCUT2D eigenvalue weighted by atomic mass is 9.63. The van der Waals surface area contributed by atoms with Crippen LogP contribution in [0.1, 0.15) is 64.2 Å². The number of furan rings is 1. The van der Waals surface area contributed by atoms with Gasteiger partial charge in [0.25, 0.3) is 0 Å². The van der Waals surface area contributed by atoms with Gasteiger partial charge in [-0.1, -0.05) is 155 Å². The molecule has 1 aliphatic carbocycles. The normalized spacial score (nSPS) is 14.6. The van der Waals surface area contributed by atoms with Crippen molar-refractivity contribution in [1.82, 2.24) is 0 Å². The standard InChI is InChI=1S/C57H51ClN2O/c1-7-8-10-18-39(2)41-21-15-23-44(33-41)59(45-24-16-22-42(34-45)40-19-11-9-12-20-40)47-35-43(58)36-48(37-47)60(46-29-30-50-51(38-46)57(5,6)32-31-56(50,3)4)52-26-17-28-54-55(52)49-25-13-14-27-53(49)61-54/h7-30,33-38H,1,31-32H2,2-6H3/b10-8-,39-18+. The average Bonchev–Trinajstić information content (AvgIpc) is 3.66. The second-order valence-corrected chi connectivity index (χ2v) is 18.0. The molecule has 0 saturated heterocycles. The van der Waals surface area contributed by atoms with Crippen molar-refractivity contribution in [1.29, 1.82) is 0 Å². The van der Waals surface area contributed by atoms with Gasteiger partial charge in [-0.3, -0.25) is 0 Å². The zero-order chi connectivity index (χ0) is 42.3. The third kappa shape index (κ3) is 7.71. The van der Waals surface area contributed by atoms with E-state index in [0.717, 1.165) is 91.2 Å². The van der Waals surface area contributed by atoms with E-state index in [1.165, 1.54) is 11.1 Å². The monoisotopic (exact) mass is 814 g/mol. The summed E-state index contributed by atoms with van der Waals surface area (Å²) in [5.74, 6) is 0. The van der Waals surface area contributed by atoms with Crippen molar-refractivity contribution in [2.45, 2.75) is 58.3 Å². The summed E-state index contributed by atoms with van der Waals surface area (Å²) in [6.45, 7) is 15.5. The maximum Gasteiger partial charge on any atom is 0.137 e. The molecular weight excluding hydrogens is 764 g/mol. The summed E-state index contributed by atoms with van der Waals surface area (Å²) in [6, 6.07) is 56.3. The van der Waals surface area contributed by atoms with E-state index in [9.17, 15) is 0 Å². The molecule has 0 radical (unpaired) electrons. The van der Waals surface area contributed by atoms with Crippen LogP contribution in [0.5, 0.6) is 0 Å². The molecule has 0 unspecified atom stereocenters. The van der Waals surface area contributed by atoms with Crippen LogP contribution in [0.25, 0.3) is 38.6 Å². The number of halogens is 1. The first-order valence-electron chi connectivity index (χ1n) is 21.2. The molecule has 8 aromatic rings. The van der Waals surface area contributed by atoms with Crippen LogP contribution in [-0.2, 0) is 10.8 Å². The van der Waals surface area contributed by atoms with Gasteiger partial charge in [-0.2, -0.15) is 0 Å². The van der Waals surface area contributed by atoms with Gasteiger partial charge in [-0.05, 0) is 137 Å². The first-order chi connectivity index (χ1) is 29.5. The van der Waals surface area contributed by atoms with E-state index in [0.29, 0.717) is 5.02 Å². The van der Waals surface area contributed by atoms with Crippen molar-refractivity contribution in [3.05, 3.63) is 210 Å². The summed E-state index contributed by atoms with van der Waals surface area (Å²) in [5.41, 5.74) is 15.2. The highest BCUT2D eigenvalue weighted by Gasteiger charge is 2.37. The number of fused-ring (bicyclic) bond motifs is 4. The lowest BCUT2D eigenvalue weighted by molar-refractivity contribution is 0.332. The van der Waals surface area contributed by atoms with Crippen LogP contribution in [-0.4, -0.2) is 0 Å². The smallest absolute Gasteiger partial charge is 0.137 e. The van der Waals surface area contributed by atoms with Crippen LogP contribution in [0.15, 0.2) is 193 Å². The summed E-state index contributed by atoms with van der Waals surface area (Å²) in [7, 11) is 0. The predicted molar refractivity (Wildman–Crippen MR) is 262 cm³/mol. The Balaban J connectivity index is 1.29. The lowest BCUT2D eigenvalue weighted by Gasteiger charge is -2.42. The molecule has 3 nitrogen and oxygen atoms in total. The summed E-state index contributed by atoms with van der Waals surface area (Å²) >= 11 is 7.36. The van der Waals surface area contributed by atoms with Crippen LogP contribution in [0.4, 0.5) is 34.1 Å². The Labute approximate surface area is 365 Å². The fraction of sp³-hybridized carbons (Fsp3) is 0.158. The maximum absolute atomic E-state index is 7.36. The van der Waals surface area contributed by atoms with Gasteiger partial charge >= 0.3 is 0 Å². The van der Waals surface area contributed by atoms with Crippen LogP contribution in [0.2, 0.25) is 5.02 Å². The second-order valence-electron chi connectivity index (χ2n) is 17.5. The predicted octanol–water partition coefficient (Wildman–Crippen LogP) is 17.3. The Morgan fingerprint density at radius 1 is 0.574 bits per heavy atom. The topological polar surface area (TPSA) is 19.6 Å². The molecule has 0 fully saturated rings. The van der Waals surface area contributed by atoms with Gasteiger partial charge in [-0.15, -0.1) is 0 Å². The molecule has 0 N–H and O–H groups in total. The van der Waals surface area contributed by atoms with E-state index in [-0.39, 0.29) is 10.8 Å². The van der Waals surface area contributed by atoms with E-state index in [2.05, 4.69) is 203 Å². The lowest BCUT2D eigenvalue weighted by Crippen LogP contribution is -2.34. The van der Waals surface area contributed by atoms with Gasteiger partial charge in [0.2, 0.25) is 0 Å². The number of hydrogen-bond acceptors (Lipinski definition) is 3. The van der Waals surface area contributed by atoms with Gasteiger partial charge in [0.15, 0.2) is 0 Å². The van der Waals surface area contributed by atoms with E-state index < -0.39 is 0 Å². The van der Waals surface area contributed by atoms with Gasteiger partial charge in [0.05, 0.1) is 11.1 Å². The van der Waals surface area contributed by atoms with Crippen molar-refractivity contribution in [2.75, 3.05) is 9.80 Å². The zero-order valence-electron chi connectivity index (χ0n) is 35.6. The molecule has 0 bridgehead atoms. The molecule has 0 amide bonds. The van der Waals surface area contributed by atoms with Crippen molar-refractivity contribution >= 4 is 73.2 Å². The highest BCUT2D eigenvalue weighted by molar-refractivity contribution is 6.31. The van der Waals surface area contributed by atoms with Crippen molar-refractivity contribution < 1.29 is 4.42 Å². The van der Waals surface area contributed by atoms with Gasteiger partial charge in [0, 0.05) is 38.8 Å². The first-order valence-corrected chi connectivity index (χ1v) is 21.6. The molecular formula is C57H51ClN2O. The average molecular weight is 816 g/mol. The van der Waals surface area contributed by atoms with Crippen LogP contribution in [0, 0.1) is 0 Å². The largest absolute Gasteiger partial charge is 0.456 e. The zero-order valence-corrected chi connectivity index (χ0v) is 36.4. The fourth-order valence-electron chi connectivity index (χ4n) is 9.07. The minimum atomic E-state index is 0.0139. The number of hydrogen-bond donors (Lipinski definition) is 0. The molecule has 1 heterocycles. The summed E-state index contributed by atoms with van der Waals surface area (Å²) in [5, 5.41) is 2.76. The summed E-state index contributed by atoms with van der Waals surface area (Å²) in [4.78, 5) is 4.70. The minimum absolute atomic E-state index is 0.0139. The number of para-hydroxylation sites is 1. The molecule has 9 rings (SSSR count). The molecule has 0 saturated carbocycles. The SMILES string of the molecule is C=C/C=C\C=C(/C)c1cccc(N(c2cccc(-c3ccccc3)c2)c2cc(Cl)cc(N(c3ccc4c(c3)C(C)(C)CCC4(C)C)c3cccc4oc5ccccc5c34)c2)c1. The van der Waals surface area contributed by atoms with Gasteiger partial charge in [-0.25, -0.2) is 0 Å². The molecule has 302 valence electrons. The number of rotatable bonds is 10. The molecule has 0 aliphatic heterocycles. The van der Waals surface area contributed by atoms with Crippen molar-refractivity contribution in [2.24, 2.45) is 0 Å². The third-order valence-electron chi connectivity index (χ3n) is 12.5. The van der Waals surface area contributed by atoms with Crippen molar-refractivity contribution in [3.63, 3.8) is 0 Å². The van der Waals surface area contributed by atoms with Gasteiger partial charge < -0.3 is 14.2 Å². The van der Waals surface area contributed by atoms with E-state index in [1.54, 1.807) is 6.08 Å². The van der Waals surface area contributed by atoms with Crippen LogP contribution >= 0.6 is 11.6 Å². The number of anilines is 6. The molecule has 61 heavy (non-hydrogen) atoms. The Bertz CT molecular complexity index is 2990. The number of allylic oxidation sites excluding steroid dienone is 5. The summed E-state index contributed by atoms with van der Waals surface area (Å²) in [6.07, 6.45) is 10.2.